The van der Waals surface area contributed by atoms with E-state index in [-0.39, 0.29) is 62.0 Å². The van der Waals surface area contributed by atoms with E-state index in [1.807, 2.05) is 0 Å². The molecule has 0 unspecified atom stereocenters. The van der Waals surface area contributed by atoms with Gasteiger partial charge in [-0.05, 0) is 0 Å². The van der Waals surface area contributed by atoms with Crippen molar-refractivity contribution in [3.05, 3.63) is 10.8 Å². The van der Waals surface area contributed by atoms with Crippen LogP contribution in [0.3, 0.4) is 0 Å². The van der Waals surface area contributed by atoms with Crippen LogP contribution in [0.5, 0.6) is 0 Å². The van der Waals surface area contributed by atoms with Crippen molar-refractivity contribution in [3.63, 3.8) is 0 Å². The molecule has 0 aliphatic heterocycles. The van der Waals surface area contributed by atoms with Crippen molar-refractivity contribution in [1.29, 1.82) is 0 Å². The van der Waals surface area contributed by atoms with E-state index in [0.717, 1.165) is 0 Å². The normalized spacial score (nSPS) is 6.50. The van der Waals surface area contributed by atoms with Crippen molar-refractivity contribution in [3.8, 4) is 0 Å². The van der Waals surface area contributed by atoms with Crippen LogP contribution in [-0.4, -0.2) is 15.4 Å². The molecule has 1 rings (SSSR count). The number of nitrogens with zero attached hydrogens (tertiary/aromatic N) is 1. The van der Waals surface area contributed by atoms with Gasteiger partial charge in [0.15, 0.2) is 0 Å². The summed E-state index contributed by atoms with van der Waals surface area (Å²) < 4.78 is 0.634. The number of H-pyrrole nitrogens is 2. The fraction of sp³-hybridized carbons (Fsp3) is 0. The number of rotatable bonds is 0. The van der Waals surface area contributed by atoms with Crippen LogP contribution >= 0.6 is 12.2 Å². The van der Waals surface area contributed by atoms with E-state index in [2.05, 4.69) is 27.6 Å². The summed E-state index contributed by atoms with van der Waals surface area (Å²) in [7, 11) is 0. The molecule has 0 saturated heterocycles. The number of hydrogen-bond donors (Lipinski definition) is 2. The zero-order chi connectivity index (χ0) is 4.41. The van der Waals surface area contributed by atoms with Gasteiger partial charge in [-0.3, -0.25) is 5.10 Å². The topological polar surface area (TPSA) is 44.5 Å². The Kier molecular flexibility index (Phi) is 9.78. The molecule has 0 saturated carbocycles. The molecule has 0 aliphatic rings. The molecule has 0 bridgehead atoms. The second-order valence-corrected chi connectivity index (χ2v) is 1.30. The van der Waals surface area contributed by atoms with Gasteiger partial charge >= 0.3 is 59.1 Å². The number of aromatic amines is 2. The number of nitrogens with one attached hydrogen (secondary N) is 2. The SMILES string of the molecule is S=c1cn[nH][nH]1.[H-].[H-].[Na+].[Na+]. The maximum absolute atomic E-state index is 4.60. The smallest absolute Gasteiger partial charge is 1.00 e. The minimum Gasteiger partial charge on any atom is -1.00 e. The first-order chi connectivity index (χ1) is 2.89. The first-order valence-electron chi connectivity index (χ1n) is 1.47. The quantitative estimate of drug-likeness (QED) is 0.286. The van der Waals surface area contributed by atoms with E-state index in [1.165, 1.54) is 6.20 Å². The Hall–Kier alpha value is 1.36. The van der Waals surface area contributed by atoms with Crippen LogP contribution in [0.4, 0.5) is 0 Å². The van der Waals surface area contributed by atoms with E-state index in [4.69, 9.17) is 0 Å². The van der Waals surface area contributed by atoms with Crippen LogP contribution in [0, 0.1) is 4.64 Å². The molecule has 1 heterocycles. The van der Waals surface area contributed by atoms with E-state index >= 15 is 0 Å². The maximum Gasteiger partial charge on any atom is 1.00 e. The van der Waals surface area contributed by atoms with E-state index < -0.39 is 0 Å². The molecule has 0 radical (unpaired) electrons. The van der Waals surface area contributed by atoms with Crippen LogP contribution < -0.4 is 59.1 Å². The molecule has 0 aliphatic carbocycles. The average molecular weight is 149 g/mol. The summed E-state index contributed by atoms with van der Waals surface area (Å²) in [6.45, 7) is 0. The van der Waals surface area contributed by atoms with Gasteiger partial charge in [-0.1, -0.05) is 12.2 Å². The summed E-state index contributed by atoms with van der Waals surface area (Å²) in [5.74, 6) is 0. The van der Waals surface area contributed by atoms with Crippen LogP contribution in [0.15, 0.2) is 6.20 Å². The van der Waals surface area contributed by atoms with Crippen molar-refractivity contribution in [2.75, 3.05) is 0 Å². The van der Waals surface area contributed by atoms with E-state index in [9.17, 15) is 0 Å². The third-order valence-corrected chi connectivity index (χ3v) is 0.633. The molecule has 1 aromatic heterocycles. The first kappa shape index (κ1) is 12.1. The fourth-order valence-corrected chi connectivity index (χ4v) is 0.309. The van der Waals surface area contributed by atoms with Crippen molar-refractivity contribution in [2.24, 2.45) is 0 Å². The largest absolute Gasteiger partial charge is 1.00 e. The zero-order valence-electron chi connectivity index (χ0n) is 6.93. The molecule has 0 aromatic carbocycles. The van der Waals surface area contributed by atoms with Gasteiger partial charge in [0.05, 0.1) is 6.20 Å². The predicted octanol–water partition coefficient (Wildman–Crippen LogP) is -5.30. The summed E-state index contributed by atoms with van der Waals surface area (Å²) in [6.07, 6.45) is 1.54. The van der Waals surface area contributed by atoms with E-state index in [1.54, 1.807) is 0 Å². The van der Waals surface area contributed by atoms with Crippen LogP contribution in [0.1, 0.15) is 2.85 Å². The van der Waals surface area contributed by atoms with Crippen molar-refractivity contribution in [2.45, 2.75) is 0 Å². The maximum atomic E-state index is 4.60. The van der Waals surface area contributed by atoms with Crippen molar-refractivity contribution in [1.82, 2.24) is 15.4 Å². The Labute approximate surface area is 99.2 Å². The predicted molar refractivity (Wildman–Crippen MR) is 26.0 cm³/mol. The summed E-state index contributed by atoms with van der Waals surface area (Å²) in [5, 5.41) is 8.57. The van der Waals surface area contributed by atoms with Gasteiger partial charge in [0.2, 0.25) is 0 Å². The monoisotopic (exact) mass is 149 g/mol. The second-order valence-electron chi connectivity index (χ2n) is 0.859. The summed E-state index contributed by atoms with van der Waals surface area (Å²) in [6, 6.07) is 0. The minimum absolute atomic E-state index is 0. The molecule has 3 nitrogen and oxygen atoms in total. The van der Waals surface area contributed by atoms with Crippen LogP contribution in [0.2, 0.25) is 0 Å². The van der Waals surface area contributed by atoms with Gasteiger partial charge < -0.3 is 2.85 Å². The molecule has 6 heteroatoms. The van der Waals surface area contributed by atoms with E-state index in [0.29, 0.717) is 4.64 Å². The van der Waals surface area contributed by atoms with Gasteiger partial charge in [-0.2, -0.15) is 5.10 Å². The molecule has 0 spiro atoms. The number of aromatic nitrogens is 3. The first-order valence-corrected chi connectivity index (χ1v) is 1.88. The average Bonchev–Trinajstić information content (AvgIpc) is 1.86. The van der Waals surface area contributed by atoms with Crippen molar-refractivity contribution < 1.29 is 62.0 Å². The molecule has 0 amide bonds. The van der Waals surface area contributed by atoms with Gasteiger partial charge in [0, 0.05) is 0 Å². The standard InChI is InChI=1S/C2H3N3S.2Na.2H/c6-2-1-3-5-4-2;;;;/h1H,(H2,3,4,5,6);;;;/q;2*+1;2*-1. The third-order valence-electron chi connectivity index (χ3n) is 0.425. The van der Waals surface area contributed by atoms with Gasteiger partial charge in [0.25, 0.3) is 0 Å². The van der Waals surface area contributed by atoms with Crippen LogP contribution in [0.25, 0.3) is 0 Å². The van der Waals surface area contributed by atoms with Gasteiger partial charge in [-0.25, -0.2) is 5.21 Å². The molecule has 8 heavy (non-hydrogen) atoms. The fourth-order valence-electron chi connectivity index (χ4n) is 0.211. The summed E-state index contributed by atoms with van der Waals surface area (Å²) in [4.78, 5) is 0. The molecule has 36 valence electrons. The Morgan fingerprint density at radius 2 is 2.25 bits per heavy atom. The molecular weight excluding hydrogens is 144 g/mol. The van der Waals surface area contributed by atoms with Crippen LogP contribution in [-0.2, 0) is 0 Å². The minimum atomic E-state index is 0. The second kappa shape index (κ2) is 6.48. The van der Waals surface area contributed by atoms with Crippen molar-refractivity contribution >= 4 is 12.2 Å². The molecule has 0 fully saturated rings. The zero-order valence-corrected chi connectivity index (χ0v) is 9.75. The summed E-state index contributed by atoms with van der Waals surface area (Å²) in [5.41, 5.74) is 0. The number of hydrogen-bond acceptors (Lipinski definition) is 2. The Morgan fingerprint density at radius 1 is 1.62 bits per heavy atom. The van der Waals surface area contributed by atoms with Gasteiger partial charge in [-0.15, -0.1) is 0 Å². The van der Waals surface area contributed by atoms with Gasteiger partial charge in [0.1, 0.15) is 4.64 Å². The Bertz CT molecular complexity index is 160. The molecular formula is C2H5N3Na2S. The molecule has 0 atom stereocenters. The molecule has 2 N–H and O–H groups in total. The Morgan fingerprint density at radius 3 is 2.38 bits per heavy atom. The summed E-state index contributed by atoms with van der Waals surface area (Å²) >= 11 is 4.60. The third kappa shape index (κ3) is 4.26. The molecule has 1 aromatic rings. The Balaban J connectivity index is -0.0000000450.